The van der Waals surface area contributed by atoms with E-state index in [1.807, 2.05) is 17.0 Å². The minimum absolute atomic E-state index is 0.0236. The number of carbonyl (C=O) groups is 2. The van der Waals surface area contributed by atoms with E-state index in [4.69, 9.17) is 0 Å². The van der Waals surface area contributed by atoms with Crippen molar-refractivity contribution in [2.24, 2.45) is 11.8 Å². The molecule has 2 amide bonds. The van der Waals surface area contributed by atoms with Gasteiger partial charge in [0.25, 0.3) is 5.91 Å². The molecular weight excluding hydrogens is 376 g/mol. The predicted octanol–water partition coefficient (Wildman–Crippen LogP) is 3.05. The molecule has 0 bridgehead atoms. The largest absolute Gasteiger partial charge is 0.352 e. The predicted molar refractivity (Wildman–Crippen MR) is 117 cm³/mol. The monoisotopic (exact) mass is 412 g/mol. The molecule has 1 aliphatic carbocycles. The van der Waals surface area contributed by atoms with Crippen molar-refractivity contribution in [2.75, 3.05) is 39.3 Å². The highest BCUT2D eigenvalue weighted by atomic mass is 16.2. The summed E-state index contributed by atoms with van der Waals surface area (Å²) in [5, 5.41) is 2.99. The van der Waals surface area contributed by atoms with Crippen LogP contribution in [0.5, 0.6) is 0 Å². The molecule has 1 atom stereocenters. The number of pyridine rings is 1. The number of likely N-dealkylation sites (tertiary alicyclic amines) is 2. The van der Waals surface area contributed by atoms with Crippen LogP contribution in [0.1, 0.15) is 73.8 Å². The molecule has 30 heavy (non-hydrogen) atoms. The SMILES string of the molecule is C[C@@H]1CCCN(CCC(=O)N2CCC(c3ccc(C(=O)NCC4CC4)cn3)CC2)C1. The fraction of sp³-hybridized carbons (Fsp3) is 0.708. The van der Waals surface area contributed by atoms with Gasteiger partial charge >= 0.3 is 0 Å². The van der Waals surface area contributed by atoms with Gasteiger partial charge in [0, 0.05) is 57.0 Å². The van der Waals surface area contributed by atoms with Crippen LogP contribution in [-0.4, -0.2) is 65.9 Å². The van der Waals surface area contributed by atoms with Gasteiger partial charge in [0.2, 0.25) is 5.91 Å². The second kappa shape index (κ2) is 9.90. The minimum Gasteiger partial charge on any atom is -0.352 e. The Balaban J connectivity index is 1.20. The van der Waals surface area contributed by atoms with Crippen LogP contribution in [0.4, 0.5) is 0 Å². The molecule has 6 heteroatoms. The average molecular weight is 413 g/mol. The molecule has 1 aromatic rings. The molecule has 4 rings (SSSR count). The van der Waals surface area contributed by atoms with Gasteiger partial charge in [-0.05, 0) is 69.0 Å². The van der Waals surface area contributed by atoms with Crippen LogP contribution >= 0.6 is 0 Å². The Kier molecular flexibility index (Phi) is 7.03. The smallest absolute Gasteiger partial charge is 0.252 e. The van der Waals surface area contributed by atoms with Gasteiger partial charge in [0.15, 0.2) is 0 Å². The highest BCUT2D eigenvalue weighted by Gasteiger charge is 2.26. The molecule has 1 saturated carbocycles. The maximum atomic E-state index is 12.6. The van der Waals surface area contributed by atoms with Crippen molar-refractivity contribution in [1.82, 2.24) is 20.1 Å². The van der Waals surface area contributed by atoms with Crippen molar-refractivity contribution >= 4 is 11.8 Å². The Hall–Kier alpha value is -1.95. The standard InChI is InChI=1S/C24H36N4O2/c1-18-3-2-11-27(17-18)12-10-23(29)28-13-8-20(9-14-28)22-7-6-21(16-25-22)24(30)26-15-19-4-5-19/h6-7,16,18-20H,2-5,8-15,17H2,1H3,(H,26,30)/t18-/m1/s1. The first-order valence-corrected chi connectivity index (χ1v) is 11.8. The van der Waals surface area contributed by atoms with Crippen LogP contribution in [0, 0.1) is 11.8 Å². The maximum absolute atomic E-state index is 12.6. The average Bonchev–Trinajstić information content (AvgIpc) is 3.61. The Morgan fingerprint density at radius 1 is 1.10 bits per heavy atom. The molecule has 0 spiro atoms. The number of hydrogen-bond acceptors (Lipinski definition) is 4. The molecule has 1 aromatic heterocycles. The Bertz CT molecular complexity index is 723. The van der Waals surface area contributed by atoms with Crippen molar-refractivity contribution in [3.8, 4) is 0 Å². The van der Waals surface area contributed by atoms with Crippen molar-refractivity contribution in [3.63, 3.8) is 0 Å². The lowest BCUT2D eigenvalue weighted by Gasteiger charge is -2.34. The normalized spacial score (nSPS) is 23.4. The third-order valence-electron chi connectivity index (χ3n) is 6.95. The highest BCUT2D eigenvalue weighted by Crippen LogP contribution is 2.28. The molecule has 0 unspecified atom stereocenters. The molecule has 1 N–H and O–H groups in total. The van der Waals surface area contributed by atoms with Gasteiger partial charge < -0.3 is 15.1 Å². The number of piperidine rings is 2. The number of amides is 2. The van der Waals surface area contributed by atoms with Crippen molar-refractivity contribution in [1.29, 1.82) is 0 Å². The zero-order valence-electron chi connectivity index (χ0n) is 18.3. The van der Waals surface area contributed by atoms with Gasteiger partial charge in [-0.2, -0.15) is 0 Å². The van der Waals surface area contributed by atoms with Crippen molar-refractivity contribution in [2.45, 2.75) is 57.8 Å². The van der Waals surface area contributed by atoms with E-state index < -0.39 is 0 Å². The molecular formula is C24H36N4O2. The zero-order valence-corrected chi connectivity index (χ0v) is 18.3. The molecule has 3 aliphatic rings. The van der Waals surface area contributed by atoms with Crippen LogP contribution in [0.3, 0.4) is 0 Å². The van der Waals surface area contributed by atoms with Crippen LogP contribution in [0.2, 0.25) is 0 Å². The topological polar surface area (TPSA) is 65.5 Å². The molecule has 6 nitrogen and oxygen atoms in total. The number of aromatic nitrogens is 1. The number of nitrogens with zero attached hydrogens (tertiary/aromatic N) is 3. The van der Waals surface area contributed by atoms with E-state index in [9.17, 15) is 9.59 Å². The number of nitrogens with one attached hydrogen (secondary N) is 1. The Morgan fingerprint density at radius 2 is 1.90 bits per heavy atom. The summed E-state index contributed by atoms with van der Waals surface area (Å²) >= 11 is 0. The lowest BCUT2D eigenvalue weighted by molar-refractivity contribution is -0.132. The van der Waals surface area contributed by atoms with E-state index in [2.05, 4.69) is 22.1 Å². The summed E-state index contributed by atoms with van der Waals surface area (Å²) in [7, 11) is 0. The van der Waals surface area contributed by atoms with Crippen LogP contribution < -0.4 is 5.32 Å². The molecule has 3 heterocycles. The van der Waals surface area contributed by atoms with Gasteiger partial charge in [0.1, 0.15) is 0 Å². The quantitative estimate of drug-likeness (QED) is 0.748. The lowest BCUT2D eigenvalue weighted by Crippen LogP contribution is -2.41. The van der Waals surface area contributed by atoms with Crippen LogP contribution in [-0.2, 0) is 4.79 Å². The molecule has 2 saturated heterocycles. The Labute approximate surface area is 180 Å². The summed E-state index contributed by atoms with van der Waals surface area (Å²) < 4.78 is 0. The number of hydrogen-bond donors (Lipinski definition) is 1. The first-order chi connectivity index (χ1) is 14.6. The Morgan fingerprint density at radius 3 is 2.57 bits per heavy atom. The lowest BCUT2D eigenvalue weighted by atomic mass is 9.92. The minimum atomic E-state index is -0.0236. The first-order valence-electron chi connectivity index (χ1n) is 11.8. The summed E-state index contributed by atoms with van der Waals surface area (Å²) in [5.41, 5.74) is 1.68. The van der Waals surface area contributed by atoms with E-state index in [0.717, 1.165) is 63.7 Å². The van der Waals surface area contributed by atoms with Crippen LogP contribution in [0.15, 0.2) is 18.3 Å². The van der Waals surface area contributed by atoms with Crippen molar-refractivity contribution < 1.29 is 9.59 Å². The van der Waals surface area contributed by atoms with E-state index in [0.29, 0.717) is 29.7 Å². The van der Waals surface area contributed by atoms with Gasteiger partial charge in [0.05, 0.1) is 5.56 Å². The molecule has 2 aliphatic heterocycles. The van der Waals surface area contributed by atoms with Gasteiger partial charge in [-0.15, -0.1) is 0 Å². The van der Waals surface area contributed by atoms with Crippen molar-refractivity contribution in [3.05, 3.63) is 29.6 Å². The zero-order chi connectivity index (χ0) is 20.9. The van der Waals surface area contributed by atoms with Gasteiger partial charge in [-0.25, -0.2) is 0 Å². The molecule has 164 valence electrons. The highest BCUT2D eigenvalue weighted by molar-refractivity contribution is 5.93. The fourth-order valence-corrected chi connectivity index (χ4v) is 4.77. The summed E-state index contributed by atoms with van der Waals surface area (Å²) in [6.45, 7) is 7.88. The van der Waals surface area contributed by atoms with Gasteiger partial charge in [-0.1, -0.05) is 6.92 Å². The third kappa shape index (κ3) is 5.81. The summed E-state index contributed by atoms with van der Waals surface area (Å²) in [4.78, 5) is 33.9. The van der Waals surface area contributed by atoms with E-state index in [-0.39, 0.29) is 5.91 Å². The number of carbonyl (C=O) groups excluding carboxylic acids is 2. The second-order valence-corrected chi connectivity index (χ2v) is 9.58. The fourth-order valence-electron chi connectivity index (χ4n) is 4.77. The second-order valence-electron chi connectivity index (χ2n) is 9.58. The summed E-state index contributed by atoms with van der Waals surface area (Å²) in [6, 6.07) is 3.88. The van der Waals surface area contributed by atoms with Gasteiger partial charge in [-0.3, -0.25) is 14.6 Å². The molecule has 0 radical (unpaired) electrons. The molecule has 0 aromatic carbocycles. The first kappa shape index (κ1) is 21.3. The molecule has 3 fully saturated rings. The number of rotatable bonds is 7. The summed E-state index contributed by atoms with van der Waals surface area (Å²) in [5.74, 6) is 2.08. The summed E-state index contributed by atoms with van der Waals surface area (Å²) in [6.07, 6.45) is 9.29. The van der Waals surface area contributed by atoms with E-state index in [1.54, 1.807) is 6.20 Å². The third-order valence-corrected chi connectivity index (χ3v) is 6.95. The van der Waals surface area contributed by atoms with E-state index >= 15 is 0 Å². The van der Waals surface area contributed by atoms with Crippen LogP contribution in [0.25, 0.3) is 0 Å². The maximum Gasteiger partial charge on any atom is 0.252 e. The van der Waals surface area contributed by atoms with E-state index in [1.165, 1.54) is 25.7 Å².